The zero-order valence-corrected chi connectivity index (χ0v) is 33.0. The zero-order valence-electron chi connectivity index (χ0n) is 33.0. The van der Waals surface area contributed by atoms with Gasteiger partial charge in [-0.3, -0.25) is 0 Å². The van der Waals surface area contributed by atoms with Crippen molar-refractivity contribution in [2.75, 3.05) is 0 Å². The second-order valence-electron chi connectivity index (χ2n) is 15.0. The standard InChI is InChI=1S/C56H36N4O/c1-5-18-37(19-6-1)41-26-15-29-44(34-41)54-58-55(45-30-16-27-42(35-45)38-20-7-2-8-21-38)60-56(59-54)46-31-17-28-43(36-46)49-50-47-32-13-14-33-48(47)57-51(39-22-9-3-10-23-39)53(50)61-52(49)40-24-11-4-12-25-40/h1-36H. The molecule has 0 fully saturated rings. The van der Waals surface area contributed by atoms with E-state index in [4.69, 9.17) is 24.4 Å². The largest absolute Gasteiger partial charge is 0.453 e. The van der Waals surface area contributed by atoms with E-state index in [2.05, 4.69) is 164 Å². The van der Waals surface area contributed by atoms with Crippen LogP contribution < -0.4 is 0 Å². The topological polar surface area (TPSA) is 64.7 Å². The third kappa shape index (κ3) is 6.84. The molecule has 0 unspecified atom stereocenters. The lowest BCUT2D eigenvalue weighted by Crippen LogP contribution is -2.00. The van der Waals surface area contributed by atoms with Crippen molar-refractivity contribution in [3.05, 3.63) is 218 Å². The van der Waals surface area contributed by atoms with Crippen LogP contribution in [0.1, 0.15) is 0 Å². The summed E-state index contributed by atoms with van der Waals surface area (Å²) in [6.07, 6.45) is 0. The van der Waals surface area contributed by atoms with Crippen LogP contribution in [0.3, 0.4) is 0 Å². The average molecular weight is 781 g/mol. The quantitative estimate of drug-likeness (QED) is 0.154. The van der Waals surface area contributed by atoms with E-state index in [1.54, 1.807) is 0 Å². The molecule has 0 saturated heterocycles. The molecule has 0 N–H and O–H groups in total. The molecule has 0 saturated carbocycles. The molecule has 61 heavy (non-hydrogen) atoms. The summed E-state index contributed by atoms with van der Waals surface area (Å²) >= 11 is 0. The van der Waals surface area contributed by atoms with E-state index in [0.717, 1.165) is 94.5 Å². The number of pyridine rings is 1. The summed E-state index contributed by atoms with van der Waals surface area (Å²) in [5.74, 6) is 2.53. The molecule has 0 radical (unpaired) electrons. The normalized spacial score (nSPS) is 11.3. The van der Waals surface area contributed by atoms with Gasteiger partial charge in [0.2, 0.25) is 0 Å². The summed E-state index contributed by atoms with van der Waals surface area (Å²) in [7, 11) is 0. The van der Waals surface area contributed by atoms with E-state index < -0.39 is 0 Å². The first-order valence-electron chi connectivity index (χ1n) is 20.4. The third-order valence-corrected chi connectivity index (χ3v) is 11.1. The number of benzene rings is 8. The van der Waals surface area contributed by atoms with E-state index in [1.165, 1.54) is 0 Å². The van der Waals surface area contributed by atoms with Crippen molar-refractivity contribution >= 4 is 21.9 Å². The van der Waals surface area contributed by atoms with Crippen LogP contribution in [0, 0.1) is 0 Å². The lowest BCUT2D eigenvalue weighted by molar-refractivity contribution is 0.632. The Bertz CT molecular complexity index is 3240. The molecular weight excluding hydrogens is 745 g/mol. The third-order valence-electron chi connectivity index (χ3n) is 11.1. The first-order valence-corrected chi connectivity index (χ1v) is 20.4. The minimum atomic E-state index is 0.572. The summed E-state index contributed by atoms with van der Waals surface area (Å²) in [4.78, 5) is 20.8. The SMILES string of the molecule is c1ccc(-c2cccc(-c3nc(-c4cccc(-c5ccccc5)c4)nc(-c4cccc(-c5c(-c6ccccc6)oc6c(-c7ccccc7)nc7ccccc7c56)c4)n3)c2)cc1. The Morgan fingerprint density at radius 3 is 1.21 bits per heavy atom. The molecule has 11 rings (SSSR count). The minimum Gasteiger partial charge on any atom is -0.453 e. The van der Waals surface area contributed by atoms with Gasteiger partial charge in [-0.05, 0) is 52.1 Å². The Morgan fingerprint density at radius 2 is 0.689 bits per heavy atom. The summed E-state index contributed by atoms with van der Waals surface area (Å²) in [5, 5.41) is 2.03. The second-order valence-corrected chi connectivity index (χ2v) is 15.0. The Kier molecular flexibility index (Phi) is 9.10. The van der Waals surface area contributed by atoms with Crippen LogP contribution in [-0.2, 0) is 0 Å². The second kappa shape index (κ2) is 15.5. The van der Waals surface area contributed by atoms with Crippen molar-refractivity contribution in [2.24, 2.45) is 0 Å². The van der Waals surface area contributed by atoms with Gasteiger partial charge in [-0.25, -0.2) is 19.9 Å². The van der Waals surface area contributed by atoms with Crippen LogP contribution in [0.2, 0.25) is 0 Å². The molecule has 3 aromatic heterocycles. The van der Waals surface area contributed by atoms with Gasteiger partial charge in [-0.1, -0.05) is 194 Å². The van der Waals surface area contributed by atoms with E-state index in [1.807, 2.05) is 54.6 Å². The Labute approximate surface area is 353 Å². The number of furan rings is 1. The fraction of sp³-hybridized carbons (Fsp3) is 0. The van der Waals surface area contributed by atoms with Crippen molar-refractivity contribution in [2.45, 2.75) is 0 Å². The first kappa shape index (κ1) is 35.8. The molecule has 0 bridgehead atoms. The van der Waals surface area contributed by atoms with Gasteiger partial charge in [-0.15, -0.1) is 0 Å². The van der Waals surface area contributed by atoms with Crippen LogP contribution in [0.5, 0.6) is 0 Å². The lowest BCUT2D eigenvalue weighted by Gasteiger charge is -2.12. The molecule has 0 aliphatic heterocycles. The Balaban J connectivity index is 1.13. The Morgan fingerprint density at radius 1 is 0.295 bits per heavy atom. The summed E-state index contributed by atoms with van der Waals surface area (Å²) < 4.78 is 7.02. The number of nitrogens with zero attached hydrogens (tertiary/aromatic N) is 4. The van der Waals surface area contributed by atoms with Crippen LogP contribution in [0.15, 0.2) is 223 Å². The number of para-hydroxylation sites is 1. The van der Waals surface area contributed by atoms with Gasteiger partial charge in [0.05, 0.1) is 5.52 Å². The van der Waals surface area contributed by atoms with Crippen molar-refractivity contribution in [1.82, 2.24) is 19.9 Å². The van der Waals surface area contributed by atoms with Gasteiger partial charge in [0.25, 0.3) is 0 Å². The van der Waals surface area contributed by atoms with Gasteiger partial charge in [0, 0.05) is 44.2 Å². The smallest absolute Gasteiger partial charge is 0.164 e. The van der Waals surface area contributed by atoms with Gasteiger partial charge in [0.1, 0.15) is 11.5 Å². The van der Waals surface area contributed by atoms with Gasteiger partial charge >= 0.3 is 0 Å². The molecule has 0 amide bonds. The van der Waals surface area contributed by atoms with Crippen LogP contribution >= 0.6 is 0 Å². The highest BCUT2D eigenvalue weighted by atomic mass is 16.3. The van der Waals surface area contributed by atoms with Crippen molar-refractivity contribution in [3.8, 4) is 90.1 Å². The predicted molar refractivity (Wildman–Crippen MR) is 248 cm³/mol. The molecule has 0 aliphatic rings. The summed E-state index contributed by atoms with van der Waals surface area (Å²) in [5.41, 5.74) is 13.5. The number of fused-ring (bicyclic) bond motifs is 3. The van der Waals surface area contributed by atoms with E-state index in [-0.39, 0.29) is 0 Å². The Hall–Kier alpha value is -8.28. The maximum Gasteiger partial charge on any atom is 0.164 e. The van der Waals surface area contributed by atoms with Crippen LogP contribution in [-0.4, -0.2) is 19.9 Å². The predicted octanol–water partition coefficient (Wildman–Crippen LogP) is 14.5. The monoisotopic (exact) mass is 780 g/mol. The summed E-state index contributed by atoms with van der Waals surface area (Å²) in [6, 6.07) is 75.0. The fourth-order valence-corrected chi connectivity index (χ4v) is 8.18. The molecule has 286 valence electrons. The minimum absolute atomic E-state index is 0.572. The molecule has 5 heteroatoms. The molecule has 8 aromatic carbocycles. The molecule has 5 nitrogen and oxygen atoms in total. The van der Waals surface area contributed by atoms with Crippen LogP contribution in [0.4, 0.5) is 0 Å². The maximum atomic E-state index is 7.02. The number of rotatable bonds is 8. The van der Waals surface area contributed by atoms with Crippen LogP contribution in [0.25, 0.3) is 112 Å². The van der Waals surface area contributed by atoms with Gasteiger partial charge in [-0.2, -0.15) is 0 Å². The molecular formula is C56H36N4O. The fourth-order valence-electron chi connectivity index (χ4n) is 8.18. The summed E-state index contributed by atoms with van der Waals surface area (Å²) in [6.45, 7) is 0. The van der Waals surface area contributed by atoms with E-state index in [0.29, 0.717) is 17.5 Å². The molecule has 11 aromatic rings. The van der Waals surface area contributed by atoms with E-state index >= 15 is 0 Å². The maximum absolute atomic E-state index is 7.02. The molecule has 0 spiro atoms. The lowest BCUT2D eigenvalue weighted by atomic mass is 9.94. The van der Waals surface area contributed by atoms with Crippen molar-refractivity contribution < 1.29 is 4.42 Å². The first-order chi connectivity index (χ1) is 30.2. The van der Waals surface area contributed by atoms with Gasteiger partial charge in [0.15, 0.2) is 23.1 Å². The zero-order chi connectivity index (χ0) is 40.5. The van der Waals surface area contributed by atoms with Crippen molar-refractivity contribution in [3.63, 3.8) is 0 Å². The number of aromatic nitrogens is 4. The highest BCUT2D eigenvalue weighted by molar-refractivity contribution is 6.18. The molecule has 0 aliphatic carbocycles. The van der Waals surface area contributed by atoms with Crippen molar-refractivity contribution in [1.29, 1.82) is 0 Å². The highest BCUT2D eigenvalue weighted by Gasteiger charge is 2.25. The number of hydrogen-bond donors (Lipinski definition) is 0. The molecule has 0 atom stereocenters. The van der Waals surface area contributed by atoms with Gasteiger partial charge < -0.3 is 4.42 Å². The van der Waals surface area contributed by atoms with E-state index in [9.17, 15) is 0 Å². The number of hydrogen-bond acceptors (Lipinski definition) is 5. The highest BCUT2D eigenvalue weighted by Crippen LogP contribution is 2.47. The molecule has 3 heterocycles. The average Bonchev–Trinajstić information content (AvgIpc) is 3.76.